The molecule has 2 rings (SSSR count). The molecule has 0 amide bonds. The zero-order chi connectivity index (χ0) is 13.1. The van der Waals surface area contributed by atoms with Crippen LogP contribution in [-0.4, -0.2) is 18.2 Å². The molecule has 0 unspecified atom stereocenters. The summed E-state index contributed by atoms with van der Waals surface area (Å²) in [5, 5.41) is 3.81. The fourth-order valence-electron chi connectivity index (χ4n) is 1.70. The molecule has 0 aliphatic carbocycles. The summed E-state index contributed by atoms with van der Waals surface area (Å²) in [7, 11) is 1.29. The number of carbonyl (C=O) groups is 1. The standard InChI is InChI=1S/C13H14N2O3/c1-3-8-4-6-9(7-5-8)11-10(13(16)17-2)12(14)18-15-11/h4-7H,3,14H2,1-2H3. The van der Waals surface area contributed by atoms with Crippen molar-refractivity contribution in [1.29, 1.82) is 0 Å². The van der Waals surface area contributed by atoms with Gasteiger partial charge in [-0.05, 0) is 12.0 Å². The molecule has 18 heavy (non-hydrogen) atoms. The van der Waals surface area contributed by atoms with E-state index < -0.39 is 5.97 Å². The van der Waals surface area contributed by atoms with Crippen molar-refractivity contribution in [1.82, 2.24) is 5.16 Å². The third kappa shape index (κ3) is 2.07. The minimum absolute atomic E-state index is 0.0311. The van der Waals surface area contributed by atoms with Crippen molar-refractivity contribution in [3.05, 3.63) is 35.4 Å². The molecule has 2 N–H and O–H groups in total. The van der Waals surface area contributed by atoms with Gasteiger partial charge in [0.25, 0.3) is 0 Å². The van der Waals surface area contributed by atoms with E-state index >= 15 is 0 Å². The molecule has 0 bridgehead atoms. The summed E-state index contributed by atoms with van der Waals surface area (Å²) in [5.41, 5.74) is 8.13. The van der Waals surface area contributed by atoms with E-state index in [1.54, 1.807) is 0 Å². The van der Waals surface area contributed by atoms with E-state index in [-0.39, 0.29) is 11.4 Å². The highest BCUT2D eigenvalue weighted by Crippen LogP contribution is 2.27. The van der Waals surface area contributed by atoms with Crippen LogP contribution in [0.25, 0.3) is 11.3 Å². The normalized spacial score (nSPS) is 10.3. The Kier molecular flexibility index (Phi) is 3.32. The van der Waals surface area contributed by atoms with E-state index in [0.717, 1.165) is 12.0 Å². The Morgan fingerprint density at radius 1 is 1.39 bits per heavy atom. The first-order valence-corrected chi connectivity index (χ1v) is 5.60. The lowest BCUT2D eigenvalue weighted by Crippen LogP contribution is -2.04. The molecule has 1 aromatic carbocycles. The Morgan fingerprint density at radius 2 is 2.06 bits per heavy atom. The van der Waals surface area contributed by atoms with E-state index in [0.29, 0.717) is 5.69 Å². The summed E-state index contributed by atoms with van der Waals surface area (Å²) in [6.07, 6.45) is 0.949. The number of benzene rings is 1. The van der Waals surface area contributed by atoms with Crippen LogP contribution in [0.15, 0.2) is 28.8 Å². The molecule has 2 aromatic rings. The molecule has 0 saturated heterocycles. The third-order valence-electron chi connectivity index (χ3n) is 2.74. The zero-order valence-corrected chi connectivity index (χ0v) is 10.3. The van der Waals surface area contributed by atoms with Crippen LogP contribution < -0.4 is 5.73 Å². The maximum Gasteiger partial charge on any atom is 0.345 e. The first kappa shape index (κ1) is 12.2. The van der Waals surface area contributed by atoms with Gasteiger partial charge >= 0.3 is 5.97 Å². The van der Waals surface area contributed by atoms with Crippen molar-refractivity contribution in [2.24, 2.45) is 0 Å². The summed E-state index contributed by atoms with van der Waals surface area (Å²) in [4.78, 5) is 11.6. The number of aromatic nitrogens is 1. The van der Waals surface area contributed by atoms with Crippen LogP contribution in [0.2, 0.25) is 0 Å². The second kappa shape index (κ2) is 4.91. The summed E-state index contributed by atoms with van der Waals surface area (Å²) in [6, 6.07) is 7.70. The lowest BCUT2D eigenvalue weighted by atomic mass is 10.0. The lowest BCUT2D eigenvalue weighted by Gasteiger charge is -2.01. The van der Waals surface area contributed by atoms with Gasteiger partial charge in [-0.2, -0.15) is 0 Å². The highest BCUT2D eigenvalue weighted by Gasteiger charge is 2.22. The highest BCUT2D eigenvalue weighted by molar-refractivity contribution is 6.00. The fraction of sp³-hybridized carbons (Fsp3) is 0.231. The minimum atomic E-state index is -0.552. The van der Waals surface area contributed by atoms with Crippen LogP contribution >= 0.6 is 0 Å². The minimum Gasteiger partial charge on any atom is -0.465 e. The molecule has 0 aliphatic heterocycles. The number of nitrogens with two attached hydrogens (primary N) is 1. The smallest absolute Gasteiger partial charge is 0.345 e. The number of nitrogen functional groups attached to an aromatic ring is 1. The van der Waals surface area contributed by atoms with Gasteiger partial charge in [-0.25, -0.2) is 4.79 Å². The molecule has 0 saturated carbocycles. The Labute approximate surface area is 105 Å². The average molecular weight is 246 g/mol. The Balaban J connectivity index is 2.47. The number of nitrogens with zero attached hydrogens (tertiary/aromatic N) is 1. The lowest BCUT2D eigenvalue weighted by molar-refractivity contribution is 0.0602. The summed E-state index contributed by atoms with van der Waals surface area (Å²) in [5.74, 6) is -0.584. The van der Waals surface area contributed by atoms with Gasteiger partial charge in [0.15, 0.2) is 5.56 Å². The zero-order valence-electron chi connectivity index (χ0n) is 10.3. The number of hydrogen-bond acceptors (Lipinski definition) is 5. The SMILES string of the molecule is CCc1ccc(-c2noc(N)c2C(=O)OC)cc1. The van der Waals surface area contributed by atoms with Crippen LogP contribution in [0.5, 0.6) is 0 Å². The van der Waals surface area contributed by atoms with Crippen molar-refractivity contribution >= 4 is 11.9 Å². The molecule has 1 aromatic heterocycles. The van der Waals surface area contributed by atoms with Gasteiger partial charge in [0, 0.05) is 5.56 Å². The van der Waals surface area contributed by atoms with Crippen molar-refractivity contribution in [3.8, 4) is 11.3 Å². The van der Waals surface area contributed by atoms with Gasteiger partial charge in [-0.15, -0.1) is 0 Å². The van der Waals surface area contributed by atoms with Gasteiger partial charge in [0.2, 0.25) is 5.88 Å². The van der Waals surface area contributed by atoms with Crippen LogP contribution in [0, 0.1) is 0 Å². The van der Waals surface area contributed by atoms with Crippen molar-refractivity contribution < 1.29 is 14.1 Å². The quantitative estimate of drug-likeness (QED) is 0.840. The molecule has 5 nitrogen and oxygen atoms in total. The molecule has 0 fully saturated rings. The number of rotatable bonds is 3. The first-order valence-electron chi connectivity index (χ1n) is 5.60. The molecule has 1 heterocycles. The summed E-state index contributed by atoms with van der Waals surface area (Å²) < 4.78 is 9.52. The number of carbonyl (C=O) groups excluding carboxylic acids is 1. The molecule has 0 radical (unpaired) electrons. The number of ether oxygens (including phenoxy) is 1. The second-order valence-corrected chi connectivity index (χ2v) is 3.81. The molecule has 0 aliphatic rings. The number of aryl methyl sites for hydroxylation is 1. The summed E-state index contributed by atoms with van der Waals surface area (Å²) >= 11 is 0. The summed E-state index contributed by atoms with van der Waals surface area (Å²) in [6.45, 7) is 2.07. The van der Waals surface area contributed by atoms with Gasteiger partial charge in [0.05, 0.1) is 7.11 Å². The largest absolute Gasteiger partial charge is 0.465 e. The van der Waals surface area contributed by atoms with E-state index in [4.69, 9.17) is 10.3 Å². The second-order valence-electron chi connectivity index (χ2n) is 3.81. The van der Waals surface area contributed by atoms with Crippen molar-refractivity contribution in [2.75, 3.05) is 12.8 Å². The van der Waals surface area contributed by atoms with E-state index in [2.05, 4.69) is 16.8 Å². The Bertz CT molecular complexity index is 558. The predicted molar refractivity (Wildman–Crippen MR) is 67.1 cm³/mol. The molecule has 0 atom stereocenters. The van der Waals surface area contributed by atoms with Crippen LogP contribution in [0.3, 0.4) is 0 Å². The van der Waals surface area contributed by atoms with Gasteiger partial charge < -0.3 is 15.0 Å². The van der Waals surface area contributed by atoms with Gasteiger partial charge in [0.1, 0.15) is 5.69 Å². The number of hydrogen-bond donors (Lipinski definition) is 1. The predicted octanol–water partition coefficient (Wildman–Crippen LogP) is 2.27. The first-order chi connectivity index (χ1) is 8.67. The van der Waals surface area contributed by atoms with Crippen molar-refractivity contribution in [2.45, 2.75) is 13.3 Å². The Morgan fingerprint density at radius 3 is 2.61 bits per heavy atom. The van der Waals surface area contributed by atoms with Crippen LogP contribution in [0.1, 0.15) is 22.8 Å². The Hall–Kier alpha value is -2.30. The number of methoxy groups -OCH3 is 1. The topological polar surface area (TPSA) is 78.4 Å². The maximum atomic E-state index is 11.6. The molecular weight excluding hydrogens is 232 g/mol. The van der Waals surface area contributed by atoms with Crippen LogP contribution in [0.4, 0.5) is 5.88 Å². The molecule has 94 valence electrons. The van der Waals surface area contributed by atoms with Gasteiger partial charge in [-0.3, -0.25) is 0 Å². The average Bonchev–Trinajstić information content (AvgIpc) is 2.80. The molecular formula is C13H14N2O3. The fourth-order valence-corrected chi connectivity index (χ4v) is 1.70. The third-order valence-corrected chi connectivity index (χ3v) is 2.74. The molecule has 5 heteroatoms. The molecule has 0 spiro atoms. The van der Waals surface area contributed by atoms with Crippen LogP contribution in [-0.2, 0) is 11.2 Å². The van der Waals surface area contributed by atoms with E-state index in [1.807, 2.05) is 24.3 Å². The maximum absolute atomic E-state index is 11.6. The highest BCUT2D eigenvalue weighted by atomic mass is 16.5. The van der Waals surface area contributed by atoms with Gasteiger partial charge in [-0.1, -0.05) is 36.3 Å². The number of anilines is 1. The van der Waals surface area contributed by atoms with Crippen molar-refractivity contribution in [3.63, 3.8) is 0 Å². The monoisotopic (exact) mass is 246 g/mol. The van der Waals surface area contributed by atoms with E-state index in [1.165, 1.54) is 12.7 Å². The van der Waals surface area contributed by atoms with E-state index in [9.17, 15) is 4.79 Å². The number of esters is 1.